The van der Waals surface area contributed by atoms with E-state index in [-0.39, 0.29) is 6.04 Å². The third-order valence-electron chi connectivity index (χ3n) is 3.08. The maximum Gasteiger partial charge on any atom is 0.326 e. The van der Waals surface area contributed by atoms with Gasteiger partial charge in [-0.15, -0.1) is 0 Å². The summed E-state index contributed by atoms with van der Waals surface area (Å²) in [5, 5.41) is 14.4. The lowest BCUT2D eigenvalue weighted by Crippen LogP contribution is -2.53. The molecular weight excluding hydrogens is 220 g/mol. The first kappa shape index (κ1) is 13.8. The predicted molar refractivity (Wildman–Crippen MR) is 64.7 cm³/mol. The van der Waals surface area contributed by atoms with Gasteiger partial charge < -0.3 is 15.7 Å². The summed E-state index contributed by atoms with van der Waals surface area (Å²) in [6.07, 6.45) is 2.28. The Hall–Kier alpha value is -1.26. The van der Waals surface area contributed by atoms with Crippen LogP contribution < -0.4 is 10.6 Å². The third kappa shape index (κ3) is 4.24. The lowest BCUT2D eigenvalue weighted by atomic mass is 9.87. The maximum atomic E-state index is 11.7. The number of aliphatic carboxylic acids is 1. The van der Waals surface area contributed by atoms with Crippen LogP contribution in [-0.2, 0) is 4.79 Å². The van der Waals surface area contributed by atoms with E-state index in [2.05, 4.69) is 10.6 Å². The van der Waals surface area contributed by atoms with Crippen LogP contribution in [0.15, 0.2) is 0 Å². The fraction of sp³-hybridized carbons (Fsp3) is 0.833. The zero-order valence-corrected chi connectivity index (χ0v) is 10.9. The van der Waals surface area contributed by atoms with Crippen LogP contribution >= 0.6 is 0 Å². The molecule has 1 fully saturated rings. The topological polar surface area (TPSA) is 78.4 Å². The van der Waals surface area contributed by atoms with E-state index < -0.39 is 23.5 Å². The van der Waals surface area contributed by atoms with Gasteiger partial charge in [-0.1, -0.05) is 20.8 Å². The van der Waals surface area contributed by atoms with Crippen LogP contribution in [0.1, 0.15) is 40.5 Å². The minimum absolute atomic E-state index is 0.115. The van der Waals surface area contributed by atoms with Crippen molar-refractivity contribution in [2.45, 2.75) is 52.6 Å². The average Bonchev–Trinajstić information content (AvgIpc) is 2.94. The van der Waals surface area contributed by atoms with Gasteiger partial charge in [0.15, 0.2) is 0 Å². The molecule has 2 atom stereocenters. The molecule has 0 aromatic carbocycles. The number of hydrogen-bond donors (Lipinski definition) is 3. The van der Waals surface area contributed by atoms with Gasteiger partial charge in [-0.05, 0) is 31.1 Å². The largest absolute Gasteiger partial charge is 0.480 e. The molecule has 2 amide bonds. The minimum atomic E-state index is -1.01. The Kier molecular flexibility index (Phi) is 4.01. The highest BCUT2D eigenvalue weighted by atomic mass is 16.4. The Morgan fingerprint density at radius 2 is 1.76 bits per heavy atom. The van der Waals surface area contributed by atoms with Gasteiger partial charge >= 0.3 is 12.0 Å². The van der Waals surface area contributed by atoms with Crippen molar-refractivity contribution in [3.63, 3.8) is 0 Å². The summed E-state index contributed by atoms with van der Waals surface area (Å²) in [4.78, 5) is 22.7. The molecule has 0 heterocycles. The lowest BCUT2D eigenvalue weighted by Gasteiger charge is -2.28. The van der Waals surface area contributed by atoms with E-state index in [1.807, 2.05) is 6.92 Å². The summed E-state index contributed by atoms with van der Waals surface area (Å²) in [6, 6.07) is -1.16. The summed E-state index contributed by atoms with van der Waals surface area (Å²) in [7, 11) is 0. The minimum Gasteiger partial charge on any atom is -0.480 e. The number of carboxylic acid groups (broad SMARTS) is 1. The molecule has 5 nitrogen and oxygen atoms in total. The standard InChI is InChI=1S/C12H22N2O3/c1-7(8-5-6-8)13-11(17)14-9(10(15)16)12(2,3)4/h7-9H,5-6H2,1-4H3,(H,15,16)(H2,13,14,17)/t7?,9-/m1/s1. The van der Waals surface area contributed by atoms with Crippen molar-refractivity contribution in [2.75, 3.05) is 0 Å². The van der Waals surface area contributed by atoms with Crippen molar-refractivity contribution < 1.29 is 14.7 Å². The number of nitrogens with one attached hydrogen (secondary N) is 2. The van der Waals surface area contributed by atoms with E-state index in [1.165, 1.54) is 0 Å². The van der Waals surface area contributed by atoms with Crippen LogP contribution in [-0.4, -0.2) is 29.2 Å². The van der Waals surface area contributed by atoms with Gasteiger partial charge in [0.1, 0.15) is 6.04 Å². The molecule has 0 aromatic heterocycles. The monoisotopic (exact) mass is 242 g/mol. The average molecular weight is 242 g/mol. The summed E-state index contributed by atoms with van der Waals surface area (Å²) in [6.45, 7) is 7.31. The van der Waals surface area contributed by atoms with E-state index in [4.69, 9.17) is 5.11 Å². The van der Waals surface area contributed by atoms with Gasteiger partial charge in [-0.25, -0.2) is 9.59 Å². The van der Waals surface area contributed by atoms with E-state index >= 15 is 0 Å². The van der Waals surface area contributed by atoms with Crippen molar-refractivity contribution in [1.82, 2.24) is 10.6 Å². The summed E-state index contributed by atoms with van der Waals surface area (Å²) in [5.41, 5.74) is -0.508. The molecule has 0 radical (unpaired) electrons. The fourth-order valence-electron chi connectivity index (χ4n) is 1.74. The molecule has 0 spiro atoms. The van der Waals surface area contributed by atoms with E-state index in [1.54, 1.807) is 20.8 Å². The molecule has 1 aliphatic rings. The van der Waals surface area contributed by atoms with Crippen LogP contribution in [0.25, 0.3) is 0 Å². The normalized spacial score (nSPS) is 19.3. The highest BCUT2D eigenvalue weighted by Gasteiger charge is 2.34. The molecule has 0 aromatic rings. The first-order chi connectivity index (χ1) is 7.71. The number of carbonyl (C=O) groups excluding carboxylic acids is 1. The van der Waals surface area contributed by atoms with Gasteiger partial charge in [0.05, 0.1) is 0 Å². The Morgan fingerprint density at radius 1 is 1.24 bits per heavy atom. The molecule has 5 heteroatoms. The Morgan fingerprint density at radius 3 is 2.12 bits per heavy atom. The summed E-state index contributed by atoms with van der Waals surface area (Å²) in [5.74, 6) is -0.453. The zero-order valence-electron chi connectivity index (χ0n) is 10.9. The molecule has 17 heavy (non-hydrogen) atoms. The van der Waals surface area contributed by atoms with Crippen LogP contribution in [0.3, 0.4) is 0 Å². The van der Waals surface area contributed by atoms with Gasteiger partial charge in [0, 0.05) is 6.04 Å². The van der Waals surface area contributed by atoms with Gasteiger partial charge in [-0.2, -0.15) is 0 Å². The second kappa shape index (κ2) is 4.94. The molecule has 0 aliphatic heterocycles. The maximum absolute atomic E-state index is 11.7. The number of carboxylic acids is 1. The molecule has 1 saturated carbocycles. The van der Waals surface area contributed by atoms with Crippen molar-refractivity contribution in [1.29, 1.82) is 0 Å². The molecule has 1 aliphatic carbocycles. The van der Waals surface area contributed by atoms with Crippen molar-refractivity contribution >= 4 is 12.0 Å². The van der Waals surface area contributed by atoms with Crippen LogP contribution in [0.2, 0.25) is 0 Å². The SMILES string of the molecule is CC(NC(=O)N[C@H](C(=O)O)C(C)(C)C)C1CC1. The number of hydrogen-bond acceptors (Lipinski definition) is 2. The smallest absolute Gasteiger partial charge is 0.326 e. The van der Waals surface area contributed by atoms with Crippen LogP contribution in [0, 0.1) is 11.3 Å². The summed E-state index contributed by atoms with van der Waals surface area (Å²) < 4.78 is 0. The zero-order chi connectivity index (χ0) is 13.2. The molecule has 3 N–H and O–H groups in total. The highest BCUT2D eigenvalue weighted by molar-refractivity contribution is 5.83. The first-order valence-electron chi connectivity index (χ1n) is 6.01. The quantitative estimate of drug-likeness (QED) is 0.700. The Bertz CT molecular complexity index is 305. The number of carbonyl (C=O) groups is 2. The Labute approximate surface area is 102 Å². The Balaban J connectivity index is 2.49. The molecule has 98 valence electrons. The molecule has 1 unspecified atom stereocenters. The van der Waals surface area contributed by atoms with E-state index in [0.717, 1.165) is 12.8 Å². The molecule has 0 bridgehead atoms. The molecule has 1 rings (SSSR count). The first-order valence-corrected chi connectivity index (χ1v) is 6.01. The number of urea groups is 1. The summed E-state index contributed by atoms with van der Waals surface area (Å²) >= 11 is 0. The molecular formula is C12H22N2O3. The van der Waals surface area contributed by atoms with Crippen molar-refractivity contribution in [2.24, 2.45) is 11.3 Å². The highest BCUT2D eigenvalue weighted by Crippen LogP contribution is 2.32. The van der Waals surface area contributed by atoms with Gasteiger partial charge in [0.25, 0.3) is 0 Å². The van der Waals surface area contributed by atoms with Crippen LogP contribution in [0.4, 0.5) is 4.79 Å². The van der Waals surface area contributed by atoms with Gasteiger partial charge in [-0.3, -0.25) is 0 Å². The lowest BCUT2D eigenvalue weighted by molar-refractivity contribution is -0.141. The van der Waals surface area contributed by atoms with E-state index in [9.17, 15) is 9.59 Å². The van der Waals surface area contributed by atoms with Crippen molar-refractivity contribution in [3.8, 4) is 0 Å². The predicted octanol–water partition coefficient (Wildman–Crippen LogP) is 1.58. The van der Waals surface area contributed by atoms with Crippen LogP contribution in [0.5, 0.6) is 0 Å². The second-order valence-electron chi connectivity index (χ2n) is 5.88. The van der Waals surface area contributed by atoms with Gasteiger partial charge in [0.2, 0.25) is 0 Å². The number of rotatable bonds is 4. The van der Waals surface area contributed by atoms with Crippen molar-refractivity contribution in [3.05, 3.63) is 0 Å². The molecule has 0 saturated heterocycles. The number of amides is 2. The third-order valence-corrected chi connectivity index (χ3v) is 3.08. The second-order valence-corrected chi connectivity index (χ2v) is 5.88. The fourth-order valence-corrected chi connectivity index (χ4v) is 1.74. The van der Waals surface area contributed by atoms with E-state index in [0.29, 0.717) is 5.92 Å².